The van der Waals surface area contributed by atoms with Crippen molar-refractivity contribution in [2.75, 3.05) is 6.54 Å². The van der Waals surface area contributed by atoms with Crippen LogP contribution in [0.5, 0.6) is 0 Å². The molecule has 1 saturated heterocycles. The van der Waals surface area contributed by atoms with Gasteiger partial charge >= 0.3 is 0 Å². The van der Waals surface area contributed by atoms with Gasteiger partial charge in [-0.1, -0.05) is 6.92 Å². The van der Waals surface area contributed by atoms with E-state index < -0.39 is 0 Å². The molecule has 0 amide bonds. The quantitative estimate of drug-likeness (QED) is 0.753. The van der Waals surface area contributed by atoms with Crippen LogP contribution in [0.1, 0.15) is 46.0 Å². The second-order valence-electron chi connectivity index (χ2n) is 5.57. The number of hydrogen-bond donors (Lipinski definition) is 1. The fourth-order valence-electron chi connectivity index (χ4n) is 3.35. The Morgan fingerprint density at radius 1 is 1.29 bits per heavy atom. The Balaban J connectivity index is 1.84. The molecule has 0 spiro atoms. The van der Waals surface area contributed by atoms with E-state index in [2.05, 4.69) is 13.8 Å². The summed E-state index contributed by atoms with van der Waals surface area (Å²) in [5, 5.41) is 0. The molecule has 2 heteroatoms. The molecule has 2 fully saturated rings. The summed E-state index contributed by atoms with van der Waals surface area (Å²) in [4.78, 5) is 0. The van der Waals surface area contributed by atoms with Gasteiger partial charge < -0.3 is 10.5 Å². The largest absolute Gasteiger partial charge is 0.375 e. The number of ether oxygens (including phenoxy) is 1. The highest BCUT2D eigenvalue weighted by atomic mass is 16.5. The van der Waals surface area contributed by atoms with Gasteiger partial charge in [-0.2, -0.15) is 0 Å². The van der Waals surface area contributed by atoms with Gasteiger partial charge in [0.05, 0.1) is 12.2 Å². The Hall–Kier alpha value is -0.0800. The van der Waals surface area contributed by atoms with Gasteiger partial charge in [0.1, 0.15) is 0 Å². The Morgan fingerprint density at radius 2 is 2.00 bits per heavy atom. The lowest BCUT2D eigenvalue weighted by molar-refractivity contribution is -0.0200. The molecule has 0 radical (unpaired) electrons. The average molecular weight is 197 g/mol. The summed E-state index contributed by atoms with van der Waals surface area (Å²) in [5.41, 5.74) is 6.33. The van der Waals surface area contributed by atoms with Crippen molar-refractivity contribution < 1.29 is 4.74 Å². The summed E-state index contributed by atoms with van der Waals surface area (Å²) in [5.74, 6) is 0.886. The Morgan fingerprint density at radius 3 is 2.43 bits per heavy atom. The minimum absolute atomic E-state index is 0.439. The van der Waals surface area contributed by atoms with E-state index in [9.17, 15) is 0 Å². The first kappa shape index (κ1) is 10.4. The summed E-state index contributed by atoms with van der Waals surface area (Å²) in [6.45, 7) is 5.36. The topological polar surface area (TPSA) is 35.2 Å². The van der Waals surface area contributed by atoms with E-state index in [0.29, 0.717) is 17.6 Å². The van der Waals surface area contributed by atoms with Crippen molar-refractivity contribution in [3.8, 4) is 0 Å². The fraction of sp³-hybridized carbons (Fsp3) is 1.00. The summed E-state index contributed by atoms with van der Waals surface area (Å²) in [6, 6.07) is 0. The Kier molecular flexibility index (Phi) is 2.85. The first-order valence-corrected chi connectivity index (χ1v) is 5.99. The summed E-state index contributed by atoms with van der Waals surface area (Å²) in [6.07, 6.45) is 7.31. The van der Waals surface area contributed by atoms with Gasteiger partial charge in [-0.05, 0) is 56.9 Å². The van der Waals surface area contributed by atoms with E-state index in [1.165, 1.54) is 32.1 Å². The summed E-state index contributed by atoms with van der Waals surface area (Å²) >= 11 is 0. The molecule has 1 saturated carbocycles. The van der Waals surface area contributed by atoms with Crippen molar-refractivity contribution in [1.29, 1.82) is 0 Å². The third kappa shape index (κ3) is 1.96. The molecular weight excluding hydrogens is 174 g/mol. The van der Waals surface area contributed by atoms with E-state index in [0.717, 1.165) is 12.5 Å². The van der Waals surface area contributed by atoms with E-state index in [1.807, 2.05) is 0 Å². The van der Waals surface area contributed by atoms with Crippen LogP contribution in [0.3, 0.4) is 0 Å². The molecule has 0 aromatic rings. The molecule has 1 aliphatic carbocycles. The van der Waals surface area contributed by atoms with Gasteiger partial charge in [0, 0.05) is 0 Å². The Bertz CT molecular complexity index is 198. The maximum atomic E-state index is 5.89. The van der Waals surface area contributed by atoms with Crippen LogP contribution in [-0.2, 0) is 4.74 Å². The van der Waals surface area contributed by atoms with Crippen molar-refractivity contribution in [2.45, 2.75) is 58.2 Å². The SMILES string of the molecule is CC1CC(CN)(CC2CCC(C)O2)C1. The van der Waals surface area contributed by atoms with Crippen molar-refractivity contribution in [2.24, 2.45) is 17.1 Å². The molecule has 82 valence electrons. The third-order valence-electron chi connectivity index (χ3n) is 3.98. The van der Waals surface area contributed by atoms with E-state index in [1.54, 1.807) is 0 Å². The number of rotatable bonds is 3. The molecule has 2 atom stereocenters. The number of nitrogens with two attached hydrogens (primary N) is 1. The Labute approximate surface area is 87.2 Å². The van der Waals surface area contributed by atoms with Crippen LogP contribution < -0.4 is 5.73 Å². The van der Waals surface area contributed by atoms with Crippen molar-refractivity contribution in [3.63, 3.8) is 0 Å². The first-order chi connectivity index (χ1) is 6.63. The van der Waals surface area contributed by atoms with Gasteiger partial charge in [0.2, 0.25) is 0 Å². The molecule has 2 unspecified atom stereocenters. The first-order valence-electron chi connectivity index (χ1n) is 5.99. The van der Waals surface area contributed by atoms with Crippen molar-refractivity contribution in [1.82, 2.24) is 0 Å². The zero-order valence-corrected chi connectivity index (χ0v) is 9.46. The fourth-order valence-corrected chi connectivity index (χ4v) is 3.35. The second kappa shape index (κ2) is 3.82. The van der Waals surface area contributed by atoms with Crippen molar-refractivity contribution >= 4 is 0 Å². The average Bonchev–Trinajstić information content (AvgIpc) is 2.48. The molecule has 1 heterocycles. The minimum atomic E-state index is 0.439. The van der Waals surface area contributed by atoms with Crippen LogP contribution in [0.2, 0.25) is 0 Å². The molecule has 2 aliphatic rings. The van der Waals surface area contributed by atoms with Gasteiger partial charge in [-0.15, -0.1) is 0 Å². The van der Waals surface area contributed by atoms with Gasteiger partial charge in [0.15, 0.2) is 0 Å². The maximum Gasteiger partial charge on any atom is 0.0585 e. The third-order valence-corrected chi connectivity index (χ3v) is 3.98. The highest BCUT2D eigenvalue weighted by molar-refractivity contribution is 4.95. The molecule has 14 heavy (non-hydrogen) atoms. The molecule has 0 aromatic carbocycles. The second-order valence-corrected chi connectivity index (χ2v) is 5.57. The van der Waals surface area contributed by atoms with E-state index in [-0.39, 0.29) is 0 Å². The van der Waals surface area contributed by atoms with Gasteiger partial charge in [0.25, 0.3) is 0 Å². The summed E-state index contributed by atoms with van der Waals surface area (Å²) in [7, 11) is 0. The van der Waals surface area contributed by atoms with Crippen LogP contribution in [0.15, 0.2) is 0 Å². The zero-order valence-electron chi connectivity index (χ0n) is 9.46. The maximum absolute atomic E-state index is 5.89. The monoisotopic (exact) mass is 197 g/mol. The van der Waals surface area contributed by atoms with Crippen LogP contribution >= 0.6 is 0 Å². The molecule has 1 aliphatic heterocycles. The molecule has 2 rings (SSSR count). The molecule has 0 bridgehead atoms. The van der Waals surface area contributed by atoms with Crippen molar-refractivity contribution in [3.05, 3.63) is 0 Å². The standard InChI is InChI=1S/C12H23NO/c1-9-5-12(6-9,8-13)7-11-4-3-10(2)14-11/h9-11H,3-8,13H2,1-2H3. The highest BCUT2D eigenvalue weighted by Crippen LogP contribution is 2.49. The zero-order chi connectivity index (χ0) is 10.2. The summed E-state index contributed by atoms with van der Waals surface area (Å²) < 4.78 is 5.87. The predicted octanol–water partition coefficient (Wildman–Crippen LogP) is 2.32. The number of hydrogen-bond acceptors (Lipinski definition) is 2. The molecular formula is C12H23NO. The van der Waals surface area contributed by atoms with Gasteiger partial charge in [-0.3, -0.25) is 0 Å². The van der Waals surface area contributed by atoms with E-state index in [4.69, 9.17) is 10.5 Å². The molecule has 2 N–H and O–H groups in total. The van der Waals surface area contributed by atoms with Crippen LogP contribution in [0.25, 0.3) is 0 Å². The van der Waals surface area contributed by atoms with E-state index >= 15 is 0 Å². The lowest BCUT2D eigenvalue weighted by atomic mass is 9.60. The molecule has 0 aromatic heterocycles. The molecule has 2 nitrogen and oxygen atoms in total. The minimum Gasteiger partial charge on any atom is -0.375 e. The van der Waals surface area contributed by atoms with Gasteiger partial charge in [-0.25, -0.2) is 0 Å². The lowest BCUT2D eigenvalue weighted by Gasteiger charge is -2.47. The smallest absolute Gasteiger partial charge is 0.0585 e. The lowest BCUT2D eigenvalue weighted by Crippen LogP contribution is -2.44. The van der Waals surface area contributed by atoms with Crippen LogP contribution in [0, 0.1) is 11.3 Å². The highest BCUT2D eigenvalue weighted by Gasteiger charge is 2.43. The normalized spacial score (nSPS) is 47.8. The van der Waals surface area contributed by atoms with Crippen LogP contribution in [0.4, 0.5) is 0 Å². The van der Waals surface area contributed by atoms with Crippen LogP contribution in [-0.4, -0.2) is 18.8 Å². The predicted molar refractivity (Wildman–Crippen MR) is 58.1 cm³/mol.